The molecule has 0 saturated carbocycles. The Bertz CT molecular complexity index is 517. The Labute approximate surface area is 119 Å². The Kier molecular flexibility index (Phi) is 4.72. The van der Waals surface area contributed by atoms with Gasteiger partial charge in [-0.3, -0.25) is 0 Å². The topological polar surface area (TPSA) is 24.9 Å². The first-order chi connectivity index (χ1) is 9.08. The SMILES string of the molecule is Cc1nc(C)c(CNC(c2ccccc2)C(C)C)s1. The monoisotopic (exact) mass is 274 g/mol. The van der Waals surface area contributed by atoms with Crippen molar-refractivity contribution >= 4 is 11.3 Å². The van der Waals surface area contributed by atoms with Crippen LogP contribution in [0.1, 0.15) is 41.0 Å². The highest BCUT2D eigenvalue weighted by Crippen LogP contribution is 2.23. The Morgan fingerprint density at radius 1 is 1.16 bits per heavy atom. The second kappa shape index (κ2) is 6.31. The number of nitrogens with one attached hydrogen (secondary N) is 1. The van der Waals surface area contributed by atoms with Gasteiger partial charge in [0.1, 0.15) is 0 Å². The maximum absolute atomic E-state index is 4.49. The molecule has 1 unspecified atom stereocenters. The molecule has 2 nitrogen and oxygen atoms in total. The summed E-state index contributed by atoms with van der Waals surface area (Å²) in [6.45, 7) is 9.58. The van der Waals surface area contributed by atoms with Crippen LogP contribution in [-0.2, 0) is 6.54 Å². The molecule has 2 aromatic rings. The van der Waals surface area contributed by atoms with Gasteiger partial charge in [0.15, 0.2) is 0 Å². The predicted molar refractivity (Wildman–Crippen MR) is 82.4 cm³/mol. The third-order valence-electron chi connectivity index (χ3n) is 3.31. The second-order valence-electron chi connectivity index (χ2n) is 5.25. The zero-order valence-corrected chi connectivity index (χ0v) is 12.9. The molecular formula is C16H22N2S. The van der Waals surface area contributed by atoms with Gasteiger partial charge in [0.2, 0.25) is 0 Å². The van der Waals surface area contributed by atoms with Gasteiger partial charge in [-0.2, -0.15) is 0 Å². The molecule has 0 spiro atoms. The summed E-state index contributed by atoms with van der Waals surface area (Å²) in [4.78, 5) is 5.83. The van der Waals surface area contributed by atoms with E-state index in [2.05, 4.69) is 68.3 Å². The van der Waals surface area contributed by atoms with Crippen LogP contribution >= 0.6 is 11.3 Å². The minimum Gasteiger partial charge on any atom is -0.305 e. The van der Waals surface area contributed by atoms with Crippen LogP contribution in [0.25, 0.3) is 0 Å². The second-order valence-corrected chi connectivity index (χ2v) is 6.54. The van der Waals surface area contributed by atoms with E-state index in [4.69, 9.17) is 0 Å². The van der Waals surface area contributed by atoms with Crippen LogP contribution in [0, 0.1) is 19.8 Å². The molecule has 1 N–H and O–H groups in total. The van der Waals surface area contributed by atoms with Crippen LogP contribution < -0.4 is 5.32 Å². The van der Waals surface area contributed by atoms with E-state index in [0.29, 0.717) is 12.0 Å². The summed E-state index contributed by atoms with van der Waals surface area (Å²) in [5, 5.41) is 4.82. The first-order valence-corrected chi connectivity index (χ1v) is 7.61. The normalized spacial score (nSPS) is 12.9. The minimum absolute atomic E-state index is 0.392. The van der Waals surface area contributed by atoms with E-state index in [0.717, 1.165) is 17.2 Å². The van der Waals surface area contributed by atoms with Crippen molar-refractivity contribution < 1.29 is 0 Å². The summed E-state index contributed by atoms with van der Waals surface area (Å²) in [7, 11) is 0. The van der Waals surface area contributed by atoms with Crippen LogP contribution in [0.3, 0.4) is 0 Å². The molecule has 0 radical (unpaired) electrons. The van der Waals surface area contributed by atoms with E-state index >= 15 is 0 Å². The van der Waals surface area contributed by atoms with Gasteiger partial charge in [-0.05, 0) is 25.3 Å². The molecule has 1 atom stereocenters. The number of benzene rings is 1. The molecule has 1 heterocycles. The van der Waals surface area contributed by atoms with Gasteiger partial charge in [-0.25, -0.2) is 4.98 Å². The smallest absolute Gasteiger partial charge is 0.0900 e. The summed E-state index contributed by atoms with van der Waals surface area (Å²) in [5.74, 6) is 0.566. The van der Waals surface area contributed by atoms with Crippen molar-refractivity contribution in [1.82, 2.24) is 10.3 Å². The standard InChI is InChI=1S/C16H22N2S/c1-11(2)16(14-8-6-5-7-9-14)17-10-15-12(3)18-13(4)19-15/h5-9,11,16-17H,10H2,1-4H3. The molecule has 3 heteroatoms. The van der Waals surface area contributed by atoms with E-state index in [-0.39, 0.29) is 0 Å². The number of hydrogen-bond donors (Lipinski definition) is 1. The van der Waals surface area contributed by atoms with Crippen LogP contribution in [0.15, 0.2) is 30.3 Å². The molecular weight excluding hydrogens is 252 g/mol. The summed E-state index contributed by atoms with van der Waals surface area (Å²) < 4.78 is 0. The van der Waals surface area contributed by atoms with Crippen LogP contribution in [0.5, 0.6) is 0 Å². The average molecular weight is 274 g/mol. The third-order valence-corrected chi connectivity index (χ3v) is 4.38. The van der Waals surface area contributed by atoms with E-state index in [1.807, 2.05) is 0 Å². The number of nitrogens with zero attached hydrogens (tertiary/aromatic N) is 1. The zero-order valence-electron chi connectivity index (χ0n) is 12.1. The van der Waals surface area contributed by atoms with Gasteiger partial charge in [0.25, 0.3) is 0 Å². The quantitative estimate of drug-likeness (QED) is 0.881. The lowest BCUT2D eigenvalue weighted by molar-refractivity contribution is 0.411. The highest BCUT2D eigenvalue weighted by molar-refractivity contribution is 7.11. The van der Waals surface area contributed by atoms with Gasteiger partial charge in [-0.15, -0.1) is 11.3 Å². The number of aryl methyl sites for hydroxylation is 2. The number of rotatable bonds is 5. The van der Waals surface area contributed by atoms with Gasteiger partial charge in [-0.1, -0.05) is 44.2 Å². The largest absolute Gasteiger partial charge is 0.305 e. The Morgan fingerprint density at radius 3 is 2.37 bits per heavy atom. The van der Waals surface area contributed by atoms with Gasteiger partial charge in [0, 0.05) is 17.5 Å². The van der Waals surface area contributed by atoms with E-state index in [1.54, 1.807) is 11.3 Å². The van der Waals surface area contributed by atoms with Crippen molar-refractivity contribution in [3.63, 3.8) is 0 Å². The van der Waals surface area contributed by atoms with E-state index in [1.165, 1.54) is 10.4 Å². The number of thiazole rings is 1. The molecule has 0 fully saturated rings. The lowest BCUT2D eigenvalue weighted by Crippen LogP contribution is -2.25. The minimum atomic E-state index is 0.392. The fourth-order valence-electron chi connectivity index (χ4n) is 2.34. The van der Waals surface area contributed by atoms with Crippen LogP contribution in [0.2, 0.25) is 0 Å². The van der Waals surface area contributed by atoms with Crippen LogP contribution in [-0.4, -0.2) is 4.98 Å². The van der Waals surface area contributed by atoms with E-state index < -0.39 is 0 Å². The molecule has 19 heavy (non-hydrogen) atoms. The maximum Gasteiger partial charge on any atom is 0.0900 e. The first-order valence-electron chi connectivity index (χ1n) is 6.79. The van der Waals surface area contributed by atoms with Crippen molar-refractivity contribution in [2.75, 3.05) is 0 Å². The summed E-state index contributed by atoms with van der Waals surface area (Å²) in [5.41, 5.74) is 2.52. The van der Waals surface area contributed by atoms with Crippen molar-refractivity contribution in [3.8, 4) is 0 Å². The fraction of sp³-hybridized carbons (Fsp3) is 0.438. The molecule has 0 aliphatic carbocycles. The third kappa shape index (κ3) is 3.64. The first kappa shape index (κ1) is 14.2. The zero-order chi connectivity index (χ0) is 13.8. The molecule has 0 aliphatic rings. The van der Waals surface area contributed by atoms with Crippen molar-refractivity contribution in [2.45, 2.75) is 40.3 Å². The van der Waals surface area contributed by atoms with Crippen molar-refractivity contribution in [3.05, 3.63) is 51.5 Å². The average Bonchev–Trinajstić information content (AvgIpc) is 2.69. The lowest BCUT2D eigenvalue weighted by atomic mass is 9.96. The highest BCUT2D eigenvalue weighted by atomic mass is 32.1. The Balaban J connectivity index is 2.08. The summed E-state index contributed by atoms with van der Waals surface area (Å²) in [6.07, 6.45) is 0. The maximum atomic E-state index is 4.49. The molecule has 0 amide bonds. The molecule has 1 aromatic heterocycles. The number of aromatic nitrogens is 1. The molecule has 1 aromatic carbocycles. The van der Waals surface area contributed by atoms with Gasteiger partial charge >= 0.3 is 0 Å². The van der Waals surface area contributed by atoms with Crippen molar-refractivity contribution in [1.29, 1.82) is 0 Å². The Hall–Kier alpha value is -1.19. The molecule has 0 saturated heterocycles. The van der Waals surface area contributed by atoms with Gasteiger partial charge in [0.05, 0.1) is 10.7 Å². The lowest BCUT2D eigenvalue weighted by Gasteiger charge is -2.22. The summed E-state index contributed by atoms with van der Waals surface area (Å²) in [6, 6.07) is 11.1. The summed E-state index contributed by atoms with van der Waals surface area (Å²) >= 11 is 1.79. The molecule has 2 rings (SSSR count). The number of hydrogen-bond acceptors (Lipinski definition) is 3. The fourth-order valence-corrected chi connectivity index (χ4v) is 3.23. The highest BCUT2D eigenvalue weighted by Gasteiger charge is 2.15. The Morgan fingerprint density at radius 2 is 1.84 bits per heavy atom. The van der Waals surface area contributed by atoms with Crippen LogP contribution in [0.4, 0.5) is 0 Å². The van der Waals surface area contributed by atoms with Gasteiger partial charge < -0.3 is 5.32 Å². The molecule has 0 bridgehead atoms. The van der Waals surface area contributed by atoms with E-state index in [9.17, 15) is 0 Å². The molecule has 102 valence electrons. The van der Waals surface area contributed by atoms with Crippen molar-refractivity contribution in [2.24, 2.45) is 5.92 Å². The predicted octanol–water partition coefficient (Wildman–Crippen LogP) is 4.25. The molecule has 0 aliphatic heterocycles.